The molecule has 0 saturated carbocycles. The monoisotopic (exact) mass is 300 g/mol. The smallest absolute Gasteiger partial charge is 0.221 e. The number of amides is 1. The molecular weight excluding hydrogens is 280 g/mol. The van der Waals surface area contributed by atoms with Crippen molar-refractivity contribution in [2.45, 2.75) is 38.8 Å². The van der Waals surface area contributed by atoms with Crippen molar-refractivity contribution in [1.29, 1.82) is 0 Å². The molecule has 1 unspecified atom stereocenters. The SMILES string of the molecule is CC(C)c1nnc(CNC(=O)CC2CSCCN2)s1. The van der Waals surface area contributed by atoms with Crippen LogP contribution in [0.2, 0.25) is 0 Å². The first kappa shape index (κ1) is 14.7. The second-order valence-corrected chi connectivity index (χ2v) is 7.14. The van der Waals surface area contributed by atoms with E-state index in [0.29, 0.717) is 24.9 Å². The summed E-state index contributed by atoms with van der Waals surface area (Å²) in [7, 11) is 0. The highest BCUT2D eigenvalue weighted by Gasteiger charge is 2.17. The number of rotatable bonds is 5. The minimum Gasteiger partial charge on any atom is -0.349 e. The zero-order chi connectivity index (χ0) is 13.7. The minimum absolute atomic E-state index is 0.0845. The fraction of sp³-hybridized carbons (Fsp3) is 0.750. The Kier molecular flexibility index (Phi) is 5.59. The first-order valence-corrected chi connectivity index (χ1v) is 8.52. The van der Waals surface area contributed by atoms with E-state index >= 15 is 0 Å². The summed E-state index contributed by atoms with van der Waals surface area (Å²) >= 11 is 3.48. The molecule has 1 atom stereocenters. The van der Waals surface area contributed by atoms with E-state index in [2.05, 4.69) is 34.7 Å². The summed E-state index contributed by atoms with van der Waals surface area (Å²) in [4.78, 5) is 11.8. The lowest BCUT2D eigenvalue weighted by molar-refractivity contribution is -0.121. The Morgan fingerprint density at radius 2 is 2.37 bits per heavy atom. The first-order valence-electron chi connectivity index (χ1n) is 6.55. The zero-order valence-electron chi connectivity index (χ0n) is 11.3. The molecule has 0 aromatic carbocycles. The van der Waals surface area contributed by atoms with Gasteiger partial charge in [-0.15, -0.1) is 10.2 Å². The third kappa shape index (κ3) is 4.74. The van der Waals surface area contributed by atoms with Gasteiger partial charge >= 0.3 is 0 Å². The van der Waals surface area contributed by atoms with Gasteiger partial charge in [-0.05, 0) is 0 Å². The highest BCUT2D eigenvalue weighted by molar-refractivity contribution is 7.99. The van der Waals surface area contributed by atoms with E-state index in [1.54, 1.807) is 11.3 Å². The molecule has 2 N–H and O–H groups in total. The molecule has 2 rings (SSSR count). The largest absolute Gasteiger partial charge is 0.349 e. The summed E-state index contributed by atoms with van der Waals surface area (Å²) in [6.07, 6.45) is 0.544. The molecule has 2 heterocycles. The van der Waals surface area contributed by atoms with E-state index in [4.69, 9.17) is 0 Å². The second-order valence-electron chi connectivity index (χ2n) is 4.90. The summed E-state index contributed by atoms with van der Waals surface area (Å²) in [6.45, 7) is 5.67. The van der Waals surface area contributed by atoms with Crippen molar-refractivity contribution in [2.75, 3.05) is 18.1 Å². The van der Waals surface area contributed by atoms with Crippen LogP contribution in [-0.4, -0.2) is 40.2 Å². The van der Waals surface area contributed by atoms with Crippen molar-refractivity contribution in [3.8, 4) is 0 Å². The van der Waals surface area contributed by atoms with E-state index in [0.717, 1.165) is 28.1 Å². The van der Waals surface area contributed by atoms with E-state index < -0.39 is 0 Å². The summed E-state index contributed by atoms with van der Waals surface area (Å²) in [5, 5.41) is 16.4. The van der Waals surface area contributed by atoms with Gasteiger partial charge in [-0.1, -0.05) is 25.2 Å². The average Bonchev–Trinajstić information content (AvgIpc) is 2.86. The van der Waals surface area contributed by atoms with Crippen LogP contribution in [0.15, 0.2) is 0 Å². The molecule has 1 saturated heterocycles. The Balaban J connectivity index is 1.73. The molecule has 7 heteroatoms. The molecule has 0 spiro atoms. The molecule has 0 aliphatic carbocycles. The molecular formula is C12H20N4OS2. The normalized spacial score (nSPS) is 19.6. The molecule has 1 fully saturated rings. The van der Waals surface area contributed by atoms with Gasteiger partial charge in [0.15, 0.2) is 0 Å². The molecule has 5 nitrogen and oxygen atoms in total. The summed E-state index contributed by atoms with van der Waals surface area (Å²) < 4.78 is 0. The Hall–Kier alpha value is -0.660. The molecule has 0 bridgehead atoms. The summed E-state index contributed by atoms with van der Waals surface area (Å²) in [6, 6.07) is 0.305. The molecule has 1 aliphatic rings. The van der Waals surface area contributed by atoms with E-state index in [1.807, 2.05) is 11.8 Å². The highest BCUT2D eigenvalue weighted by Crippen LogP contribution is 2.18. The third-order valence-corrected chi connectivity index (χ3v) is 5.20. The van der Waals surface area contributed by atoms with Crippen LogP contribution in [0.3, 0.4) is 0 Å². The maximum atomic E-state index is 11.8. The van der Waals surface area contributed by atoms with E-state index in [-0.39, 0.29) is 5.91 Å². The zero-order valence-corrected chi connectivity index (χ0v) is 12.9. The average molecular weight is 300 g/mol. The number of carbonyl (C=O) groups is 1. The number of hydrogen-bond acceptors (Lipinski definition) is 6. The highest BCUT2D eigenvalue weighted by atomic mass is 32.2. The van der Waals surface area contributed by atoms with Crippen LogP contribution in [0.4, 0.5) is 0 Å². The topological polar surface area (TPSA) is 66.9 Å². The van der Waals surface area contributed by atoms with Crippen LogP contribution in [0, 0.1) is 0 Å². The van der Waals surface area contributed by atoms with Gasteiger partial charge in [0.25, 0.3) is 0 Å². The van der Waals surface area contributed by atoms with Crippen LogP contribution in [0.1, 0.15) is 36.2 Å². The maximum Gasteiger partial charge on any atom is 0.221 e. The van der Waals surface area contributed by atoms with Crippen LogP contribution in [-0.2, 0) is 11.3 Å². The molecule has 1 aromatic rings. The standard InChI is InChI=1S/C12H20N4OS2/c1-8(2)12-16-15-11(19-12)6-14-10(17)5-9-7-18-4-3-13-9/h8-9,13H,3-7H2,1-2H3,(H,14,17). The predicted molar refractivity (Wildman–Crippen MR) is 79.6 cm³/mol. The van der Waals surface area contributed by atoms with Gasteiger partial charge in [-0.25, -0.2) is 0 Å². The van der Waals surface area contributed by atoms with E-state index in [9.17, 15) is 4.79 Å². The van der Waals surface area contributed by atoms with Gasteiger partial charge < -0.3 is 10.6 Å². The number of nitrogens with zero attached hydrogens (tertiary/aromatic N) is 2. The van der Waals surface area contributed by atoms with Crippen molar-refractivity contribution in [3.05, 3.63) is 10.0 Å². The lowest BCUT2D eigenvalue weighted by atomic mass is 10.2. The molecule has 0 radical (unpaired) electrons. The predicted octanol–water partition coefficient (Wildman–Crippen LogP) is 1.37. The van der Waals surface area contributed by atoms with Crippen molar-refractivity contribution in [3.63, 3.8) is 0 Å². The maximum absolute atomic E-state index is 11.8. The summed E-state index contributed by atoms with van der Waals surface area (Å²) in [5.41, 5.74) is 0. The van der Waals surface area contributed by atoms with Crippen LogP contribution >= 0.6 is 23.1 Å². The molecule has 1 amide bonds. The Morgan fingerprint density at radius 1 is 1.53 bits per heavy atom. The number of hydrogen-bond donors (Lipinski definition) is 2. The van der Waals surface area contributed by atoms with Gasteiger partial charge in [0.05, 0.1) is 6.54 Å². The van der Waals surface area contributed by atoms with Crippen molar-refractivity contribution in [2.24, 2.45) is 0 Å². The Bertz CT molecular complexity index is 416. The van der Waals surface area contributed by atoms with Crippen LogP contribution in [0.25, 0.3) is 0 Å². The minimum atomic E-state index is 0.0845. The quantitative estimate of drug-likeness (QED) is 0.860. The Morgan fingerprint density at radius 3 is 3.00 bits per heavy atom. The first-order chi connectivity index (χ1) is 9.15. The third-order valence-electron chi connectivity index (χ3n) is 2.84. The lowest BCUT2D eigenvalue weighted by Gasteiger charge is -2.22. The number of aromatic nitrogens is 2. The molecule has 19 heavy (non-hydrogen) atoms. The molecule has 1 aliphatic heterocycles. The van der Waals surface area contributed by atoms with Gasteiger partial charge in [-0.2, -0.15) is 11.8 Å². The van der Waals surface area contributed by atoms with Gasteiger partial charge in [0.2, 0.25) is 5.91 Å². The van der Waals surface area contributed by atoms with Gasteiger partial charge in [-0.3, -0.25) is 4.79 Å². The number of thioether (sulfide) groups is 1. The number of nitrogens with one attached hydrogen (secondary N) is 2. The lowest BCUT2D eigenvalue weighted by Crippen LogP contribution is -2.41. The molecule has 106 valence electrons. The Labute approximate surface area is 122 Å². The van der Waals surface area contributed by atoms with Crippen molar-refractivity contribution < 1.29 is 4.79 Å². The second kappa shape index (κ2) is 7.21. The summed E-state index contributed by atoms with van der Waals surface area (Å²) in [5.74, 6) is 2.64. The van der Waals surface area contributed by atoms with Crippen LogP contribution in [0.5, 0.6) is 0 Å². The number of carbonyl (C=O) groups excluding carboxylic acids is 1. The van der Waals surface area contributed by atoms with Gasteiger partial charge in [0.1, 0.15) is 10.0 Å². The van der Waals surface area contributed by atoms with Crippen LogP contribution < -0.4 is 10.6 Å². The fourth-order valence-electron chi connectivity index (χ4n) is 1.79. The molecule has 1 aromatic heterocycles. The van der Waals surface area contributed by atoms with E-state index in [1.165, 1.54) is 0 Å². The van der Waals surface area contributed by atoms with Crippen molar-refractivity contribution in [1.82, 2.24) is 20.8 Å². The van der Waals surface area contributed by atoms with Crippen molar-refractivity contribution >= 4 is 29.0 Å². The fourth-order valence-corrected chi connectivity index (χ4v) is 3.53. The van der Waals surface area contributed by atoms with Gasteiger partial charge in [0, 0.05) is 36.4 Å².